The summed E-state index contributed by atoms with van der Waals surface area (Å²) < 4.78 is 55.1. The van der Waals surface area contributed by atoms with Crippen molar-refractivity contribution in [3.8, 4) is 5.75 Å². The number of hydrogen-bond donors (Lipinski definition) is 2. The molecule has 1 aromatic heterocycles. The SMILES string of the molecule is COc1cc2c(cc1Nc1ncc(Cl)c(NCP(C)(=O)c3ccc(N(C)S(=O)(=O)F)cc3)n1)C(C)N(C)CC2. The third-order valence-electron chi connectivity index (χ3n) is 6.93. The van der Waals surface area contributed by atoms with Gasteiger partial charge < -0.3 is 19.9 Å². The van der Waals surface area contributed by atoms with Crippen molar-refractivity contribution in [1.29, 1.82) is 0 Å². The topological polar surface area (TPSA) is 117 Å². The predicted molar refractivity (Wildman–Crippen MR) is 155 cm³/mol. The van der Waals surface area contributed by atoms with Crippen molar-refractivity contribution in [1.82, 2.24) is 14.9 Å². The molecule has 10 nitrogen and oxygen atoms in total. The molecular formula is C25H31ClFN6O4PS. The monoisotopic (exact) mass is 596 g/mol. The van der Waals surface area contributed by atoms with Crippen LogP contribution in [0, 0.1) is 0 Å². The van der Waals surface area contributed by atoms with Crippen LogP contribution in [0.2, 0.25) is 5.02 Å². The molecule has 4 rings (SSSR count). The third kappa shape index (κ3) is 6.46. The summed E-state index contributed by atoms with van der Waals surface area (Å²) in [6, 6.07) is 10.1. The number of nitrogens with zero attached hydrogens (tertiary/aromatic N) is 4. The van der Waals surface area contributed by atoms with Gasteiger partial charge in [-0.1, -0.05) is 15.5 Å². The van der Waals surface area contributed by atoms with Gasteiger partial charge in [-0.15, -0.1) is 0 Å². The van der Waals surface area contributed by atoms with Crippen molar-refractivity contribution in [3.63, 3.8) is 0 Å². The average molecular weight is 597 g/mol. The van der Waals surface area contributed by atoms with Crippen LogP contribution in [0.15, 0.2) is 42.6 Å². The lowest BCUT2D eigenvalue weighted by molar-refractivity contribution is 0.247. The summed E-state index contributed by atoms with van der Waals surface area (Å²) in [4.78, 5) is 11.1. The van der Waals surface area contributed by atoms with Crippen LogP contribution in [-0.4, -0.2) is 64.0 Å². The first-order valence-electron chi connectivity index (χ1n) is 12.1. The molecule has 0 saturated carbocycles. The molecule has 2 heterocycles. The van der Waals surface area contributed by atoms with Crippen LogP contribution in [0.1, 0.15) is 24.1 Å². The van der Waals surface area contributed by atoms with Gasteiger partial charge in [0.25, 0.3) is 0 Å². The van der Waals surface area contributed by atoms with E-state index < -0.39 is 17.6 Å². The Morgan fingerprint density at radius 1 is 1.28 bits per heavy atom. The lowest BCUT2D eigenvalue weighted by atomic mass is 9.93. The molecule has 2 atom stereocenters. The molecule has 2 aromatic carbocycles. The predicted octanol–water partition coefficient (Wildman–Crippen LogP) is 4.77. The van der Waals surface area contributed by atoms with Crippen LogP contribution in [-0.2, 0) is 21.4 Å². The van der Waals surface area contributed by atoms with Gasteiger partial charge in [0, 0.05) is 24.9 Å². The van der Waals surface area contributed by atoms with Crippen LogP contribution in [0.4, 0.5) is 27.0 Å². The van der Waals surface area contributed by atoms with E-state index in [9.17, 15) is 16.9 Å². The van der Waals surface area contributed by atoms with Crippen molar-refractivity contribution in [2.75, 3.05) is 55.6 Å². The minimum Gasteiger partial charge on any atom is -0.495 e. The van der Waals surface area contributed by atoms with Gasteiger partial charge in [-0.3, -0.25) is 4.90 Å². The van der Waals surface area contributed by atoms with Crippen LogP contribution in [0.3, 0.4) is 0 Å². The molecule has 0 saturated heterocycles. The highest BCUT2D eigenvalue weighted by Crippen LogP contribution is 2.41. The van der Waals surface area contributed by atoms with Crippen molar-refractivity contribution in [2.24, 2.45) is 0 Å². The second-order valence-corrected chi connectivity index (χ2v) is 14.3. The highest BCUT2D eigenvalue weighted by atomic mass is 35.5. The number of likely N-dealkylation sites (N-methyl/N-ethyl adjacent to an activating group) is 1. The maximum atomic E-state index is 13.4. The second-order valence-electron chi connectivity index (χ2n) is 9.53. The number of aromatic nitrogens is 2. The standard InChI is InChI=1S/C25H31ClFN6O4PS/c1-16-20-13-22(23(37-4)12-17(20)10-11-32(16)2)30-25-28-14-21(26)24(31-25)29-15-38(5,34)19-8-6-18(7-9-19)33(3)39(27,35)36/h6-9,12-14,16H,10-11,15H2,1-5H3,(H2,28,29,30,31). The van der Waals surface area contributed by atoms with Crippen LogP contribution in [0.25, 0.3) is 0 Å². The van der Waals surface area contributed by atoms with Crippen LogP contribution in [0.5, 0.6) is 5.75 Å². The fourth-order valence-corrected chi connectivity index (χ4v) is 6.28. The zero-order valence-electron chi connectivity index (χ0n) is 22.3. The number of hydrogen-bond acceptors (Lipinski definition) is 9. The van der Waals surface area contributed by atoms with Gasteiger partial charge in [0.2, 0.25) is 5.95 Å². The summed E-state index contributed by atoms with van der Waals surface area (Å²) in [5.74, 6) is 1.25. The number of anilines is 4. The molecule has 0 aliphatic carbocycles. The molecule has 39 heavy (non-hydrogen) atoms. The molecular weight excluding hydrogens is 566 g/mol. The molecule has 0 spiro atoms. The Morgan fingerprint density at radius 3 is 2.62 bits per heavy atom. The summed E-state index contributed by atoms with van der Waals surface area (Å²) >= 11 is 6.33. The maximum Gasteiger partial charge on any atom is 0.399 e. The first-order valence-corrected chi connectivity index (χ1v) is 16.2. The van der Waals surface area contributed by atoms with E-state index in [0.29, 0.717) is 26.9 Å². The molecule has 14 heteroatoms. The number of nitrogens with one attached hydrogen (secondary N) is 2. The van der Waals surface area contributed by atoms with Gasteiger partial charge in [-0.25, -0.2) is 9.29 Å². The maximum absolute atomic E-state index is 13.4. The van der Waals surface area contributed by atoms with Gasteiger partial charge in [0.05, 0.1) is 31.0 Å². The Kier molecular flexibility index (Phi) is 8.41. The van der Waals surface area contributed by atoms with E-state index in [1.165, 1.54) is 41.6 Å². The van der Waals surface area contributed by atoms with E-state index in [1.54, 1.807) is 13.8 Å². The molecule has 2 N–H and O–H groups in total. The number of rotatable bonds is 9. The Morgan fingerprint density at radius 2 is 1.97 bits per heavy atom. The van der Waals surface area contributed by atoms with E-state index in [1.807, 2.05) is 6.07 Å². The number of benzene rings is 2. The van der Waals surface area contributed by atoms with E-state index in [4.69, 9.17) is 16.3 Å². The smallest absolute Gasteiger partial charge is 0.399 e. The molecule has 0 fully saturated rings. The van der Waals surface area contributed by atoms with E-state index in [-0.39, 0.29) is 29.0 Å². The molecule has 3 aromatic rings. The van der Waals surface area contributed by atoms with Crippen LogP contribution >= 0.6 is 18.7 Å². The summed E-state index contributed by atoms with van der Waals surface area (Å²) in [7, 11) is -3.06. The average Bonchev–Trinajstić information content (AvgIpc) is 2.90. The molecule has 1 aliphatic rings. The van der Waals surface area contributed by atoms with Gasteiger partial charge in [-0.2, -0.15) is 13.4 Å². The van der Waals surface area contributed by atoms with Gasteiger partial charge in [-0.05, 0) is 74.6 Å². The first kappa shape index (κ1) is 29.1. The summed E-state index contributed by atoms with van der Waals surface area (Å²) in [5.41, 5.74) is 3.27. The zero-order chi connectivity index (χ0) is 28.5. The molecule has 0 bridgehead atoms. The molecule has 210 valence electrons. The van der Waals surface area contributed by atoms with Crippen molar-refractivity contribution in [2.45, 2.75) is 19.4 Å². The fourth-order valence-electron chi connectivity index (χ4n) is 4.33. The van der Waals surface area contributed by atoms with Gasteiger partial charge in [0.1, 0.15) is 17.9 Å². The Labute approximate surface area is 233 Å². The zero-order valence-corrected chi connectivity index (χ0v) is 24.7. The minimum absolute atomic E-state index is 0.0196. The lowest BCUT2D eigenvalue weighted by Gasteiger charge is -2.33. The summed E-state index contributed by atoms with van der Waals surface area (Å²) in [6.07, 6.45) is 2.40. The highest BCUT2D eigenvalue weighted by molar-refractivity contribution is 7.87. The third-order valence-corrected chi connectivity index (χ3v) is 10.2. The summed E-state index contributed by atoms with van der Waals surface area (Å²) in [6.45, 7) is 4.71. The number of halogens is 2. The second kappa shape index (κ2) is 11.3. The largest absolute Gasteiger partial charge is 0.495 e. The molecule has 0 radical (unpaired) electrons. The molecule has 2 unspecified atom stereocenters. The fraction of sp³-hybridized carbons (Fsp3) is 0.360. The van der Waals surface area contributed by atoms with Crippen molar-refractivity contribution < 1.29 is 21.6 Å². The quantitative estimate of drug-likeness (QED) is 0.266. The number of methoxy groups -OCH3 is 1. The number of fused-ring (bicyclic) bond motifs is 1. The van der Waals surface area contributed by atoms with Gasteiger partial charge >= 0.3 is 10.4 Å². The molecule has 0 amide bonds. The van der Waals surface area contributed by atoms with Crippen LogP contribution < -0.4 is 25.0 Å². The lowest BCUT2D eigenvalue weighted by Crippen LogP contribution is -2.30. The first-order chi connectivity index (χ1) is 18.3. The Hall–Kier alpha value is -2.92. The Bertz CT molecular complexity index is 1530. The summed E-state index contributed by atoms with van der Waals surface area (Å²) in [5, 5.41) is 6.98. The van der Waals surface area contributed by atoms with E-state index in [2.05, 4.69) is 45.5 Å². The highest BCUT2D eigenvalue weighted by Gasteiger charge is 2.24. The van der Waals surface area contributed by atoms with E-state index >= 15 is 0 Å². The molecule has 1 aliphatic heterocycles. The van der Waals surface area contributed by atoms with Gasteiger partial charge in [0.15, 0.2) is 5.82 Å². The minimum atomic E-state index is -4.89. The normalized spacial score (nSPS) is 17.2. The van der Waals surface area contributed by atoms with Crippen molar-refractivity contribution >= 4 is 57.6 Å². The number of ether oxygens (including phenoxy) is 1. The van der Waals surface area contributed by atoms with Crippen molar-refractivity contribution in [3.05, 3.63) is 58.7 Å². The van der Waals surface area contributed by atoms with E-state index in [0.717, 1.165) is 20.0 Å². The Balaban J connectivity index is 1.52.